The van der Waals surface area contributed by atoms with Crippen LogP contribution >= 0.6 is 0 Å². The molecule has 206 valence electrons. The van der Waals surface area contributed by atoms with Crippen LogP contribution < -0.4 is 9.47 Å². The minimum atomic E-state index is -0.736. The maximum atomic E-state index is 12.7. The lowest BCUT2D eigenvalue weighted by Gasteiger charge is -2.17. The van der Waals surface area contributed by atoms with Crippen molar-refractivity contribution in [3.8, 4) is 11.5 Å². The lowest BCUT2D eigenvalue weighted by Crippen LogP contribution is -2.14. The minimum absolute atomic E-state index is 0.321. The van der Waals surface area contributed by atoms with Gasteiger partial charge in [0.1, 0.15) is 11.5 Å². The van der Waals surface area contributed by atoms with Gasteiger partial charge in [-0.2, -0.15) is 0 Å². The molecule has 3 aromatic rings. The van der Waals surface area contributed by atoms with Crippen LogP contribution in [0.1, 0.15) is 89.2 Å². The molecule has 0 N–H and O–H groups in total. The molecule has 0 fully saturated rings. The van der Waals surface area contributed by atoms with Crippen LogP contribution in [0.3, 0.4) is 0 Å². The molecule has 0 aromatic heterocycles. The lowest BCUT2D eigenvalue weighted by atomic mass is 9.98. The van der Waals surface area contributed by atoms with Crippen LogP contribution in [-0.2, 0) is 9.47 Å². The van der Waals surface area contributed by atoms with Gasteiger partial charge in [0.25, 0.3) is 0 Å². The van der Waals surface area contributed by atoms with Gasteiger partial charge in [0, 0.05) is 21.5 Å². The summed E-state index contributed by atoms with van der Waals surface area (Å²) in [6, 6.07) is 11.5. The van der Waals surface area contributed by atoms with E-state index in [0.29, 0.717) is 46.3 Å². The van der Waals surface area contributed by atoms with Gasteiger partial charge in [-0.1, -0.05) is 101 Å². The fourth-order valence-electron chi connectivity index (χ4n) is 4.55. The van der Waals surface area contributed by atoms with Gasteiger partial charge >= 0.3 is 12.3 Å². The molecule has 0 aliphatic rings. The van der Waals surface area contributed by atoms with Crippen molar-refractivity contribution >= 4 is 33.9 Å². The average Bonchev–Trinajstić information content (AvgIpc) is 2.90. The van der Waals surface area contributed by atoms with Gasteiger partial charge in [-0.15, -0.1) is 0 Å². The number of unbranched alkanes of at least 4 members (excludes halogenated alkanes) is 8. The summed E-state index contributed by atoms with van der Waals surface area (Å²) >= 11 is 0. The first-order chi connectivity index (χ1) is 18.4. The summed E-state index contributed by atoms with van der Waals surface area (Å²) in [5, 5.41) is 2.67. The van der Waals surface area contributed by atoms with Crippen molar-refractivity contribution in [2.45, 2.75) is 91.9 Å². The number of fused-ring (bicyclic) bond motifs is 2. The number of aryl methyl sites for hydroxylation is 2. The quantitative estimate of drug-likeness (QED) is 0.0908. The third-order valence-corrected chi connectivity index (χ3v) is 6.64. The molecule has 0 spiro atoms. The van der Waals surface area contributed by atoms with E-state index in [1.54, 1.807) is 0 Å². The fraction of sp³-hybridized carbons (Fsp3) is 0.500. The fourth-order valence-corrected chi connectivity index (χ4v) is 4.55. The number of carbonyl (C=O) groups excluding carboxylic acids is 2. The predicted octanol–water partition coefficient (Wildman–Crippen LogP) is 9.58. The van der Waals surface area contributed by atoms with E-state index in [9.17, 15) is 9.59 Å². The third kappa shape index (κ3) is 8.37. The molecule has 0 radical (unpaired) electrons. The lowest BCUT2D eigenvalue weighted by molar-refractivity contribution is 0.0965. The van der Waals surface area contributed by atoms with E-state index in [1.807, 2.05) is 50.2 Å². The van der Waals surface area contributed by atoms with E-state index < -0.39 is 12.3 Å². The van der Waals surface area contributed by atoms with Crippen molar-refractivity contribution in [3.05, 3.63) is 47.5 Å². The second-order valence-electron chi connectivity index (χ2n) is 9.99. The largest absolute Gasteiger partial charge is 0.513 e. The number of hydrogen-bond acceptors (Lipinski definition) is 6. The summed E-state index contributed by atoms with van der Waals surface area (Å²) in [6.45, 7) is 8.91. The number of hydrogen-bond donors (Lipinski definition) is 0. The predicted molar refractivity (Wildman–Crippen MR) is 152 cm³/mol. The monoisotopic (exact) mass is 522 g/mol. The van der Waals surface area contributed by atoms with E-state index in [2.05, 4.69) is 13.8 Å². The van der Waals surface area contributed by atoms with Crippen molar-refractivity contribution in [1.29, 1.82) is 0 Å². The van der Waals surface area contributed by atoms with Gasteiger partial charge in [0.05, 0.1) is 13.2 Å². The van der Waals surface area contributed by atoms with Crippen molar-refractivity contribution < 1.29 is 28.5 Å². The Morgan fingerprint density at radius 1 is 0.553 bits per heavy atom. The molecule has 0 aliphatic heterocycles. The maximum absolute atomic E-state index is 12.7. The van der Waals surface area contributed by atoms with Crippen LogP contribution in [0.4, 0.5) is 9.59 Å². The van der Waals surface area contributed by atoms with Crippen molar-refractivity contribution in [2.75, 3.05) is 13.2 Å². The standard InChI is InChI=1S/C32H42O6/c1-5-7-9-11-13-19-35-31(33)37-29-25-17-15-23(3)21-27(25)30(28-22-24(4)16-18-26(28)29)38-32(34)36-20-14-12-10-8-6-2/h15-18,21-22H,5-14,19-20H2,1-4H3. The Morgan fingerprint density at radius 2 is 0.947 bits per heavy atom. The summed E-state index contributed by atoms with van der Waals surface area (Å²) in [7, 11) is 0. The van der Waals surface area contributed by atoms with E-state index in [-0.39, 0.29) is 0 Å². The molecule has 0 atom stereocenters. The summed E-state index contributed by atoms with van der Waals surface area (Å²) in [5.74, 6) is 0.789. The Kier molecular flexibility index (Phi) is 11.7. The van der Waals surface area contributed by atoms with Crippen LogP contribution in [0.15, 0.2) is 36.4 Å². The van der Waals surface area contributed by atoms with E-state index in [0.717, 1.165) is 49.7 Å². The maximum Gasteiger partial charge on any atom is 0.513 e. The van der Waals surface area contributed by atoms with Gasteiger partial charge < -0.3 is 18.9 Å². The second kappa shape index (κ2) is 15.2. The van der Waals surface area contributed by atoms with Crippen LogP contribution in [0.5, 0.6) is 11.5 Å². The zero-order valence-electron chi connectivity index (χ0n) is 23.4. The molecule has 6 heteroatoms. The van der Waals surface area contributed by atoms with Crippen molar-refractivity contribution in [3.63, 3.8) is 0 Å². The average molecular weight is 523 g/mol. The zero-order valence-corrected chi connectivity index (χ0v) is 23.4. The topological polar surface area (TPSA) is 71.1 Å². The molecular formula is C32H42O6. The number of carbonyl (C=O) groups is 2. The summed E-state index contributed by atoms with van der Waals surface area (Å²) in [6.07, 6.45) is 9.14. The zero-order chi connectivity index (χ0) is 27.3. The molecule has 0 bridgehead atoms. The van der Waals surface area contributed by atoms with E-state index in [1.165, 1.54) is 25.7 Å². The van der Waals surface area contributed by atoms with E-state index >= 15 is 0 Å². The highest BCUT2D eigenvalue weighted by molar-refractivity contribution is 6.12. The Labute approximate surface area is 226 Å². The van der Waals surface area contributed by atoms with Crippen LogP contribution in [0, 0.1) is 13.8 Å². The molecule has 0 aliphatic carbocycles. The van der Waals surface area contributed by atoms with Gasteiger partial charge in [0.2, 0.25) is 0 Å². The highest BCUT2D eigenvalue weighted by atomic mass is 16.7. The highest BCUT2D eigenvalue weighted by Gasteiger charge is 2.21. The Morgan fingerprint density at radius 3 is 1.37 bits per heavy atom. The Balaban J connectivity index is 1.85. The smallest absolute Gasteiger partial charge is 0.434 e. The Hall–Kier alpha value is -3.28. The SMILES string of the molecule is CCCCCCCOC(=O)Oc1c2ccc(C)cc2c(OC(=O)OCCCCCCC)c2cc(C)ccc12. The van der Waals surface area contributed by atoms with Crippen molar-refractivity contribution in [2.24, 2.45) is 0 Å². The second-order valence-corrected chi connectivity index (χ2v) is 9.99. The number of benzene rings is 3. The molecule has 0 saturated carbocycles. The molecule has 0 unspecified atom stereocenters. The first kappa shape index (κ1) is 29.3. The minimum Gasteiger partial charge on any atom is -0.434 e. The molecule has 0 saturated heterocycles. The van der Waals surface area contributed by atoms with Gasteiger partial charge in [-0.25, -0.2) is 9.59 Å². The molecule has 3 rings (SSSR count). The molecular weight excluding hydrogens is 480 g/mol. The molecule has 6 nitrogen and oxygen atoms in total. The summed E-state index contributed by atoms with van der Waals surface area (Å²) in [5.41, 5.74) is 1.97. The van der Waals surface area contributed by atoms with Gasteiger partial charge in [-0.05, 0) is 38.8 Å². The first-order valence-electron chi connectivity index (χ1n) is 14.1. The summed E-state index contributed by atoms with van der Waals surface area (Å²) < 4.78 is 22.4. The third-order valence-electron chi connectivity index (χ3n) is 6.64. The van der Waals surface area contributed by atoms with E-state index in [4.69, 9.17) is 18.9 Å². The van der Waals surface area contributed by atoms with Crippen LogP contribution in [-0.4, -0.2) is 25.5 Å². The normalized spacial score (nSPS) is 11.1. The molecule has 38 heavy (non-hydrogen) atoms. The number of ether oxygens (including phenoxy) is 4. The Bertz CT molecular complexity index is 1150. The van der Waals surface area contributed by atoms with Crippen LogP contribution in [0.25, 0.3) is 21.5 Å². The summed E-state index contributed by atoms with van der Waals surface area (Å²) in [4.78, 5) is 25.3. The first-order valence-corrected chi connectivity index (χ1v) is 14.1. The number of rotatable bonds is 14. The van der Waals surface area contributed by atoms with Crippen LogP contribution in [0.2, 0.25) is 0 Å². The highest BCUT2D eigenvalue weighted by Crippen LogP contribution is 2.43. The molecule has 0 heterocycles. The van der Waals surface area contributed by atoms with Gasteiger partial charge in [0.15, 0.2) is 0 Å². The van der Waals surface area contributed by atoms with Gasteiger partial charge in [-0.3, -0.25) is 0 Å². The molecule has 3 aromatic carbocycles. The molecule has 0 amide bonds. The van der Waals surface area contributed by atoms with Crippen molar-refractivity contribution in [1.82, 2.24) is 0 Å².